The van der Waals surface area contributed by atoms with Gasteiger partial charge in [0.25, 0.3) is 5.91 Å². The summed E-state index contributed by atoms with van der Waals surface area (Å²) in [5, 5.41) is 0. The molecule has 2 amide bonds. The molecular formula is C19H25N3O4S. The molecule has 3 aliphatic heterocycles. The lowest BCUT2D eigenvalue weighted by Gasteiger charge is -2.37. The monoisotopic (exact) mass is 391 g/mol. The summed E-state index contributed by atoms with van der Waals surface area (Å²) < 4.78 is 23.4. The zero-order valence-electron chi connectivity index (χ0n) is 15.3. The molecule has 4 rings (SSSR count). The van der Waals surface area contributed by atoms with Crippen LogP contribution in [0.4, 0.5) is 5.69 Å². The highest BCUT2D eigenvalue weighted by atomic mass is 32.2. The standard InChI is InChI=1S/C19H25N3O4S/c23-18-5-2-7-22(18)16-4-1-3-15(13-16)19(24)21-10-8-20(9-11-21)17-6-12-27(25,26)14-17/h1,3-4,13,17H,2,5-12,14H2. The predicted octanol–water partition coefficient (Wildman–Crippen LogP) is 0.758. The largest absolute Gasteiger partial charge is 0.336 e. The van der Waals surface area contributed by atoms with E-state index < -0.39 is 9.84 Å². The normalized spacial score (nSPS) is 25.9. The highest BCUT2D eigenvalue weighted by Gasteiger charge is 2.34. The number of sulfone groups is 1. The molecule has 1 aromatic carbocycles. The van der Waals surface area contributed by atoms with Gasteiger partial charge in [0, 0.05) is 56.4 Å². The van der Waals surface area contributed by atoms with Gasteiger partial charge in [-0.15, -0.1) is 0 Å². The Hall–Kier alpha value is -1.93. The summed E-state index contributed by atoms with van der Waals surface area (Å²) in [5.74, 6) is 0.605. The van der Waals surface area contributed by atoms with Crippen LogP contribution >= 0.6 is 0 Å². The van der Waals surface area contributed by atoms with Crippen molar-refractivity contribution in [1.82, 2.24) is 9.80 Å². The van der Waals surface area contributed by atoms with Gasteiger partial charge in [0.2, 0.25) is 5.91 Å². The molecule has 27 heavy (non-hydrogen) atoms. The summed E-state index contributed by atoms with van der Waals surface area (Å²) in [7, 11) is -2.89. The van der Waals surface area contributed by atoms with E-state index in [0.717, 1.165) is 12.1 Å². The molecule has 1 unspecified atom stereocenters. The minimum absolute atomic E-state index is 0.0258. The first-order chi connectivity index (χ1) is 12.9. The topological polar surface area (TPSA) is 78.0 Å². The summed E-state index contributed by atoms with van der Waals surface area (Å²) in [6, 6.07) is 7.40. The zero-order valence-corrected chi connectivity index (χ0v) is 16.2. The van der Waals surface area contributed by atoms with Crippen LogP contribution in [-0.4, -0.2) is 80.3 Å². The summed E-state index contributed by atoms with van der Waals surface area (Å²) in [6.45, 7) is 3.32. The second kappa shape index (κ2) is 7.24. The van der Waals surface area contributed by atoms with E-state index in [4.69, 9.17) is 0 Å². The van der Waals surface area contributed by atoms with Crippen LogP contribution in [0.25, 0.3) is 0 Å². The molecule has 1 atom stereocenters. The number of hydrogen-bond donors (Lipinski definition) is 0. The number of amides is 2. The molecule has 3 aliphatic rings. The van der Waals surface area contributed by atoms with Gasteiger partial charge in [-0.3, -0.25) is 14.5 Å². The maximum atomic E-state index is 12.9. The predicted molar refractivity (Wildman–Crippen MR) is 103 cm³/mol. The van der Waals surface area contributed by atoms with E-state index in [1.54, 1.807) is 11.0 Å². The van der Waals surface area contributed by atoms with Gasteiger partial charge in [0.05, 0.1) is 11.5 Å². The molecule has 3 saturated heterocycles. The van der Waals surface area contributed by atoms with E-state index in [1.165, 1.54) is 0 Å². The van der Waals surface area contributed by atoms with Crippen LogP contribution in [-0.2, 0) is 14.6 Å². The molecule has 0 radical (unpaired) electrons. The fourth-order valence-electron chi connectivity index (χ4n) is 4.26. The molecule has 0 bridgehead atoms. The third-order valence-electron chi connectivity index (χ3n) is 5.80. The van der Waals surface area contributed by atoms with Gasteiger partial charge in [-0.25, -0.2) is 8.42 Å². The maximum absolute atomic E-state index is 12.9. The summed E-state index contributed by atoms with van der Waals surface area (Å²) in [5.41, 5.74) is 1.39. The van der Waals surface area contributed by atoms with E-state index >= 15 is 0 Å². The quantitative estimate of drug-likeness (QED) is 0.760. The van der Waals surface area contributed by atoms with Gasteiger partial charge >= 0.3 is 0 Å². The van der Waals surface area contributed by atoms with Crippen molar-refractivity contribution in [3.05, 3.63) is 29.8 Å². The van der Waals surface area contributed by atoms with Crippen LogP contribution in [0.1, 0.15) is 29.6 Å². The number of carbonyl (C=O) groups is 2. The molecule has 8 heteroatoms. The first-order valence-corrected chi connectivity index (χ1v) is 11.4. The van der Waals surface area contributed by atoms with Crippen molar-refractivity contribution >= 4 is 27.3 Å². The molecule has 0 aromatic heterocycles. The summed E-state index contributed by atoms with van der Waals surface area (Å²) in [4.78, 5) is 30.6. The highest BCUT2D eigenvalue weighted by molar-refractivity contribution is 7.91. The third-order valence-corrected chi connectivity index (χ3v) is 7.55. The number of anilines is 1. The smallest absolute Gasteiger partial charge is 0.254 e. The van der Waals surface area contributed by atoms with Gasteiger partial charge in [0.15, 0.2) is 9.84 Å². The molecule has 1 aromatic rings. The molecule has 0 spiro atoms. The Morgan fingerprint density at radius 2 is 1.85 bits per heavy atom. The van der Waals surface area contributed by atoms with Crippen LogP contribution in [0.2, 0.25) is 0 Å². The van der Waals surface area contributed by atoms with Crippen LogP contribution in [0.3, 0.4) is 0 Å². The van der Waals surface area contributed by atoms with Gasteiger partial charge in [-0.1, -0.05) is 6.07 Å². The highest BCUT2D eigenvalue weighted by Crippen LogP contribution is 2.24. The van der Waals surface area contributed by atoms with Crippen LogP contribution in [0.5, 0.6) is 0 Å². The fraction of sp³-hybridized carbons (Fsp3) is 0.579. The minimum atomic E-state index is -2.89. The number of nitrogens with zero attached hydrogens (tertiary/aromatic N) is 3. The molecular weight excluding hydrogens is 366 g/mol. The average molecular weight is 391 g/mol. The zero-order chi connectivity index (χ0) is 19.0. The lowest BCUT2D eigenvalue weighted by Crippen LogP contribution is -2.52. The Morgan fingerprint density at radius 3 is 2.48 bits per heavy atom. The summed E-state index contributed by atoms with van der Waals surface area (Å²) >= 11 is 0. The van der Waals surface area contributed by atoms with Gasteiger partial charge in [-0.2, -0.15) is 0 Å². The van der Waals surface area contributed by atoms with Crippen molar-refractivity contribution in [2.45, 2.75) is 25.3 Å². The van der Waals surface area contributed by atoms with Gasteiger partial charge < -0.3 is 9.80 Å². The van der Waals surface area contributed by atoms with Crippen molar-refractivity contribution in [3.63, 3.8) is 0 Å². The Labute approximate surface area is 159 Å². The first-order valence-electron chi connectivity index (χ1n) is 9.57. The molecule has 7 nitrogen and oxygen atoms in total. The van der Waals surface area contributed by atoms with Crippen LogP contribution < -0.4 is 4.90 Å². The van der Waals surface area contributed by atoms with Crippen LogP contribution in [0, 0.1) is 0 Å². The molecule has 3 fully saturated rings. The van der Waals surface area contributed by atoms with Gasteiger partial charge in [0.1, 0.15) is 0 Å². The Balaban J connectivity index is 1.39. The van der Waals surface area contributed by atoms with E-state index in [-0.39, 0.29) is 29.4 Å². The number of benzene rings is 1. The third kappa shape index (κ3) is 3.87. The van der Waals surface area contributed by atoms with Gasteiger partial charge in [-0.05, 0) is 31.0 Å². The molecule has 0 N–H and O–H groups in total. The number of piperazine rings is 1. The summed E-state index contributed by atoms with van der Waals surface area (Å²) in [6.07, 6.45) is 2.12. The van der Waals surface area contributed by atoms with Crippen molar-refractivity contribution in [2.75, 3.05) is 49.1 Å². The molecule has 0 aliphatic carbocycles. The second-order valence-electron chi connectivity index (χ2n) is 7.58. The number of rotatable bonds is 3. The molecule has 146 valence electrons. The lowest BCUT2D eigenvalue weighted by molar-refractivity contribution is -0.117. The average Bonchev–Trinajstić information content (AvgIpc) is 3.26. The van der Waals surface area contributed by atoms with Crippen molar-refractivity contribution in [3.8, 4) is 0 Å². The molecule has 0 saturated carbocycles. The van der Waals surface area contributed by atoms with E-state index in [2.05, 4.69) is 4.90 Å². The van der Waals surface area contributed by atoms with Crippen molar-refractivity contribution in [1.29, 1.82) is 0 Å². The van der Waals surface area contributed by atoms with E-state index in [1.807, 2.05) is 23.1 Å². The SMILES string of the molecule is O=C(c1cccc(N2CCCC2=O)c1)N1CCN(C2CCS(=O)(=O)C2)CC1. The van der Waals surface area contributed by atoms with E-state index in [0.29, 0.717) is 51.1 Å². The second-order valence-corrected chi connectivity index (χ2v) is 9.81. The fourth-order valence-corrected chi connectivity index (χ4v) is 6.03. The van der Waals surface area contributed by atoms with Crippen LogP contribution in [0.15, 0.2) is 24.3 Å². The maximum Gasteiger partial charge on any atom is 0.254 e. The Kier molecular flexibility index (Phi) is 4.94. The number of carbonyl (C=O) groups excluding carboxylic acids is 2. The Bertz CT molecular complexity index is 846. The Morgan fingerprint density at radius 1 is 1.07 bits per heavy atom. The van der Waals surface area contributed by atoms with E-state index in [9.17, 15) is 18.0 Å². The molecule has 3 heterocycles. The minimum Gasteiger partial charge on any atom is -0.336 e. The number of hydrogen-bond acceptors (Lipinski definition) is 5. The lowest BCUT2D eigenvalue weighted by atomic mass is 10.1. The van der Waals surface area contributed by atoms with Crippen molar-refractivity contribution < 1.29 is 18.0 Å². The first kappa shape index (κ1) is 18.4. The van der Waals surface area contributed by atoms with Crippen molar-refractivity contribution in [2.24, 2.45) is 0 Å².